The number of hydrogen-bond donors (Lipinski definition) is 2. The molecular weight excluding hydrogens is 492 g/mol. The number of hydrogen-bond acceptors (Lipinski definition) is 1. The Balaban J connectivity index is 2.39. The van der Waals surface area contributed by atoms with Crippen molar-refractivity contribution in [1.82, 2.24) is 0 Å². The first kappa shape index (κ1) is 25.5. The van der Waals surface area contributed by atoms with Gasteiger partial charge in [0.25, 0.3) is 0 Å². The van der Waals surface area contributed by atoms with Crippen LogP contribution in [0.25, 0.3) is 0 Å². The van der Waals surface area contributed by atoms with Gasteiger partial charge in [-0.3, -0.25) is 0 Å². The summed E-state index contributed by atoms with van der Waals surface area (Å²) >= 11 is 4.62. The summed E-state index contributed by atoms with van der Waals surface area (Å²) in [7, 11) is 0. The van der Waals surface area contributed by atoms with Crippen molar-refractivity contribution in [3.8, 4) is 0 Å². The van der Waals surface area contributed by atoms with Crippen LogP contribution in [0.15, 0.2) is 36.4 Å². The molecule has 2 rings (SSSR count). The van der Waals surface area contributed by atoms with E-state index in [4.69, 9.17) is 0 Å². The molecule has 15 heteroatoms. The first-order valence-electron chi connectivity index (χ1n) is 7.94. The van der Waals surface area contributed by atoms with E-state index < -0.39 is 63.4 Å². The second kappa shape index (κ2) is 8.33. The van der Waals surface area contributed by atoms with E-state index in [9.17, 15) is 52.7 Å². The summed E-state index contributed by atoms with van der Waals surface area (Å²) in [5.74, 6) is 0. The van der Waals surface area contributed by atoms with Crippen LogP contribution in [0.1, 0.15) is 22.3 Å². The summed E-state index contributed by atoms with van der Waals surface area (Å²) in [6, 6.07) is 0.578. The van der Waals surface area contributed by atoms with E-state index >= 15 is 0 Å². The van der Waals surface area contributed by atoms with Crippen LogP contribution < -0.4 is 10.6 Å². The van der Waals surface area contributed by atoms with E-state index in [0.717, 1.165) is 0 Å². The fraction of sp³-hybridized carbons (Fsp3) is 0.235. The van der Waals surface area contributed by atoms with Gasteiger partial charge in [0.1, 0.15) is 0 Å². The molecule has 2 N–H and O–H groups in total. The molecule has 0 saturated carbocycles. The zero-order valence-electron chi connectivity index (χ0n) is 14.9. The maximum atomic E-state index is 12.9. The molecule has 32 heavy (non-hydrogen) atoms. The number of rotatable bonds is 2. The average Bonchev–Trinajstić information content (AvgIpc) is 2.58. The Morgan fingerprint density at radius 1 is 0.469 bits per heavy atom. The third-order valence-electron chi connectivity index (χ3n) is 3.69. The molecule has 2 aromatic carbocycles. The van der Waals surface area contributed by atoms with E-state index in [-0.39, 0.29) is 36.4 Å². The molecule has 0 aliphatic rings. The Bertz CT molecular complexity index is 859. The number of benzene rings is 2. The summed E-state index contributed by atoms with van der Waals surface area (Å²) in [5.41, 5.74) is -8.56. The van der Waals surface area contributed by atoms with Gasteiger partial charge in [0.15, 0.2) is 5.11 Å². The van der Waals surface area contributed by atoms with Gasteiger partial charge < -0.3 is 10.6 Å². The molecule has 0 atom stereocenters. The summed E-state index contributed by atoms with van der Waals surface area (Å²) in [6.45, 7) is 0. The average molecular weight is 500 g/mol. The van der Waals surface area contributed by atoms with E-state index in [1.54, 1.807) is 0 Å². The smallest absolute Gasteiger partial charge is 0.332 e. The van der Waals surface area contributed by atoms with Crippen molar-refractivity contribution < 1.29 is 52.7 Å². The van der Waals surface area contributed by atoms with Crippen molar-refractivity contribution in [3.05, 3.63) is 58.7 Å². The first-order valence-corrected chi connectivity index (χ1v) is 8.34. The van der Waals surface area contributed by atoms with Crippen molar-refractivity contribution in [1.29, 1.82) is 0 Å². The highest BCUT2D eigenvalue weighted by Gasteiger charge is 2.38. The lowest BCUT2D eigenvalue weighted by atomic mass is 10.1. The quantitative estimate of drug-likeness (QED) is 0.329. The van der Waals surface area contributed by atoms with Crippen LogP contribution in [0.2, 0.25) is 0 Å². The van der Waals surface area contributed by atoms with Crippen molar-refractivity contribution in [2.45, 2.75) is 24.7 Å². The van der Waals surface area contributed by atoms with Gasteiger partial charge >= 0.3 is 24.7 Å². The Morgan fingerprint density at radius 2 is 0.688 bits per heavy atom. The lowest BCUT2D eigenvalue weighted by Crippen LogP contribution is -2.21. The minimum atomic E-state index is -5.19. The molecule has 0 radical (unpaired) electrons. The SMILES string of the molecule is FC(F)(F)c1cc(NC(=S)Nc2cc(C(F)(F)F)cc(C(F)(F)F)c2)cc(C(F)(F)F)c1. The molecule has 0 unspecified atom stereocenters. The predicted octanol–water partition coefficient (Wildman–Crippen LogP) is 7.57. The maximum absolute atomic E-state index is 12.9. The summed E-state index contributed by atoms with van der Waals surface area (Å²) in [6.07, 6.45) is -20.7. The predicted molar refractivity (Wildman–Crippen MR) is 92.7 cm³/mol. The molecule has 0 fully saturated rings. The minimum absolute atomic E-state index is 0.177. The lowest BCUT2D eigenvalue weighted by molar-refractivity contribution is -0.144. The Labute approximate surface area is 176 Å². The number of thiocarbonyl (C=S) groups is 1. The minimum Gasteiger partial charge on any atom is -0.332 e. The van der Waals surface area contributed by atoms with Crippen LogP contribution >= 0.6 is 12.2 Å². The Morgan fingerprint density at radius 3 is 0.875 bits per heavy atom. The molecule has 0 aromatic heterocycles. The zero-order valence-corrected chi connectivity index (χ0v) is 15.7. The monoisotopic (exact) mass is 500 g/mol. The van der Waals surface area contributed by atoms with Crippen LogP contribution in [0.3, 0.4) is 0 Å². The molecule has 176 valence electrons. The molecule has 0 heterocycles. The van der Waals surface area contributed by atoms with Gasteiger partial charge in [0, 0.05) is 11.4 Å². The molecular formula is C17H8F12N2S. The zero-order chi connectivity index (χ0) is 24.7. The fourth-order valence-electron chi connectivity index (χ4n) is 2.35. The lowest BCUT2D eigenvalue weighted by Gasteiger charge is -2.18. The first-order chi connectivity index (χ1) is 14.3. The second-order valence-electron chi connectivity index (χ2n) is 6.17. The summed E-state index contributed by atoms with van der Waals surface area (Å²) < 4.78 is 155. The van der Waals surface area contributed by atoms with Crippen LogP contribution in [-0.4, -0.2) is 5.11 Å². The van der Waals surface area contributed by atoms with Crippen molar-refractivity contribution in [2.24, 2.45) is 0 Å². The van der Waals surface area contributed by atoms with Crippen molar-refractivity contribution in [3.63, 3.8) is 0 Å². The number of alkyl halides is 12. The third kappa shape index (κ3) is 6.64. The largest absolute Gasteiger partial charge is 0.416 e. The Hall–Kier alpha value is -2.71. The number of anilines is 2. The second-order valence-corrected chi connectivity index (χ2v) is 6.58. The molecule has 0 aliphatic heterocycles. The standard InChI is InChI=1S/C17H8F12N2S/c18-14(19,20)7-1-8(15(21,22)23)4-11(3-7)30-13(32)31-12-5-9(16(24,25)26)2-10(6-12)17(27,28)29/h1-6H,(H2,30,31,32). The van der Waals surface area contributed by atoms with E-state index in [0.29, 0.717) is 0 Å². The van der Waals surface area contributed by atoms with Gasteiger partial charge in [-0.25, -0.2) is 0 Å². The van der Waals surface area contributed by atoms with Gasteiger partial charge in [-0.05, 0) is 48.6 Å². The highest BCUT2D eigenvalue weighted by atomic mass is 32.1. The molecule has 0 spiro atoms. The maximum Gasteiger partial charge on any atom is 0.416 e. The normalized spacial score (nSPS) is 13.1. The van der Waals surface area contributed by atoms with Gasteiger partial charge in [0.05, 0.1) is 22.3 Å². The fourth-order valence-corrected chi connectivity index (χ4v) is 2.58. The van der Waals surface area contributed by atoms with Crippen LogP contribution in [0.5, 0.6) is 0 Å². The topological polar surface area (TPSA) is 24.1 Å². The van der Waals surface area contributed by atoms with Crippen LogP contribution in [-0.2, 0) is 24.7 Å². The molecule has 0 amide bonds. The van der Waals surface area contributed by atoms with E-state index in [2.05, 4.69) is 12.2 Å². The van der Waals surface area contributed by atoms with Crippen molar-refractivity contribution >= 4 is 28.7 Å². The molecule has 0 saturated heterocycles. The van der Waals surface area contributed by atoms with E-state index in [1.807, 2.05) is 10.6 Å². The van der Waals surface area contributed by atoms with Gasteiger partial charge in [-0.1, -0.05) is 0 Å². The van der Waals surface area contributed by atoms with Crippen LogP contribution in [0.4, 0.5) is 64.1 Å². The number of nitrogens with one attached hydrogen (secondary N) is 2. The highest BCUT2D eigenvalue weighted by molar-refractivity contribution is 7.80. The van der Waals surface area contributed by atoms with E-state index in [1.165, 1.54) is 0 Å². The highest BCUT2D eigenvalue weighted by Crippen LogP contribution is 2.39. The molecule has 0 bridgehead atoms. The van der Waals surface area contributed by atoms with Gasteiger partial charge in [-0.15, -0.1) is 0 Å². The van der Waals surface area contributed by atoms with Gasteiger partial charge in [-0.2, -0.15) is 52.7 Å². The number of halogens is 12. The Kier molecular flexibility index (Phi) is 6.65. The third-order valence-corrected chi connectivity index (χ3v) is 3.90. The molecule has 2 aromatic rings. The summed E-state index contributed by atoms with van der Waals surface area (Å²) in [4.78, 5) is 0. The van der Waals surface area contributed by atoms with Crippen LogP contribution in [0, 0.1) is 0 Å². The molecule has 0 aliphatic carbocycles. The summed E-state index contributed by atoms with van der Waals surface area (Å²) in [5, 5.41) is 2.92. The molecule has 2 nitrogen and oxygen atoms in total. The van der Waals surface area contributed by atoms with Crippen molar-refractivity contribution in [2.75, 3.05) is 10.6 Å². The van der Waals surface area contributed by atoms with Gasteiger partial charge in [0.2, 0.25) is 0 Å².